The number of methoxy groups -OCH3 is 2. The molecule has 2 aromatic carbocycles. The summed E-state index contributed by atoms with van der Waals surface area (Å²) < 4.78 is 29.5. The number of halogens is 2. The minimum absolute atomic E-state index is 0.138. The van der Waals surface area contributed by atoms with Crippen LogP contribution < -0.4 is 20.5 Å². The Morgan fingerprint density at radius 2 is 2.03 bits per heavy atom. The number of carbonyl (C=O) groups excluding carboxylic acids is 1. The molecule has 0 saturated carbocycles. The van der Waals surface area contributed by atoms with Gasteiger partial charge < -0.3 is 30.2 Å². The van der Waals surface area contributed by atoms with Gasteiger partial charge in [-0.3, -0.25) is 4.79 Å². The maximum Gasteiger partial charge on any atom is 0.255 e. The molecule has 1 heterocycles. The van der Waals surface area contributed by atoms with Crippen molar-refractivity contribution in [2.24, 2.45) is 0 Å². The first-order valence-corrected chi connectivity index (χ1v) is 10.9. The number of hydrogen-bond donors (Lipinski definition) is 2. The van der Waals surface area contributed by atoms with Gasteiger partial charge in [0.1, 0.15) is 17.3 Å². The van der Waals surface area contributed by atoms with Crippen LogP contribution >= 0.6 is 11.6 Å². The van der Waals surface area contributed by atoms with Crippen molar-refractivity contribution in [1.29, 1.82) is 0 Å². The smallest absolute Gasteiger partial charge is 0.255 e. The zero-order valence-electron chi connectivity index (χ0n) is 18.3. The van der Waals surface area contributed by atoms with Crippen molar-refractivity contribution in [2.45, 2.75) is 25.0 Å². The average Bonchev–Trinajstić information content (AvgIpc) is 2.80. The molecular formula is C23H29ClFN3O4. The summed E-state index contributed by atoms with van der Waals surface area (Å²) in [6.45, 7) is 2.89. The van der Waals surface area contributed by atoms with Crippen LogP contribution in [0.25, 0.3) is 0 Å². The Bertz CT molecular complexity index is 913. The monoisotopic (exact) mass is 465 g/mol. The van der Waals surface area contributed by atoms with Gasteiger partial charge in [-0.1, -0.05) is 11.6 Å². The fourth-order valence-electron chi connectivity index (χ4n) is 3.76. The van der Waals surface area contributed by atoms with E-state index >= 15 is 0 Å². The van der Waals surface area contributed by atoms with Gasteiger partial charge in [0, 0.05) is 32.8 Å². The standard InChI is InChI=1S/C23H29ClFN3O4/c1-30-21-13-18(24)19(26)12-17(21)23(29)27-20-8-10-28(14-22(20)31-2)9-3-11-32-16-6-4-15(25)5-7-16/h4-7,12-13,20,22H,3,8-11,14,26H2,1-2H3,(H,27,29)/t20-,22-/m0/s1. The molecule has 1 saturated heterocycles. The van der Waals surface area contributed by atoms with Gasteiger partial charge in [0.2, 0.25) is 0 Å². The Balaban J connectivity index is 1.49. The number of anilines is 1. The SMILES string of the molecule is COc1cc(Cl)c(N)cc1C(=O)N[C@H]1CCN(CCCOc2ccc(F)cc2)C[C@@H]1OC. The number of piperidine rings is 1. The molecule has 2 atom stereocenters. The van der Waals surface area contributed by atoms with E-state index in [0.29, 0.717) is 40.9 Å². The maximum absolute atomic E-state index is 12.9. The van der Waals surface area contributed by atoms with Gasteiger partial charge in [-0.05, 0) is 43.2 Å². The molecule has 1 aliphatic heterocycles. The lowest BCUT2D eigenvalue weighted by molar-refractivity contribution is 0.00527. The third-order valence-electron chi connectivity index (χ3n) is 5.53. The van der Waals surface area contributed by atoms with Gasteiger partial charge >= 0.3 is 0 Å². The molecule has 2 aromatic rings. The summed E-state index contributed by atoms with van der Waals surface area (Å²) in [4.78, 5) is 15.2. The predicted octanol–water partition coefficient (Wildman–Crippen LogP) is 3.36. The van der Waals surface area contributed by atoms with E-state index < -0.39 is 0 Å². The van der Waals surface area contributed by atoms with Crippen LogP contribution in [0, 0.1) is 5.82 Å². The summed E-state index contributed by atoms with van der Waals surface area (Å²) in [6.07, 6.45) is 1.42. The van der Waals surface area contributed by atoms with Crippen molar-refractivity contribution in [1.82, 2.24) is 10.2 Å². The number of ether oxygens (including phenoxy) is 3. The van der Waals surface area contributed by atoms with E-state index in [1.807, 2.05) is 0 Å². The second kappa shape index (κ2) is 11.4. The molecule has 3 rings (SSSR count). The van der Waals surface area contributed by atoms with Gasteiger partial charge in [-0.15, -0.1) is 0 Å². The second-order valence-corrected chi connectivity index (χ2v) is 8.08. The molecular weight excluding hydrogens is 437 g/mol. The fourth-order valence-corrected chi connectivity index (χ4v) is 3.91. The number of likely N-dealkylation sites (tertiary alicyclic amines) is 1. The minimum Gasteiger partial charge on any atom is -0.496 e. The molecule has 0 radical (unpaired) electrons. The number of amides is 1. The van der Waals surface area contributed by atoms with Crippen molar-refractivity contribution in [3.63, 3.8) is 0 Å². The topological polar surface area (TPSA) is 86.0 Å². The van der Waals surface area contributed by atoms with Crippen molar-refractivity contribution < 1.29 is 23.4 Å². The third kappa shape index (κ3) is 6.25. The first-order chi connectivity index (χ1) is 15.4. The van der Waals surface area contributed by atoms with E-state index in [1.54, 1.807) is 19.2 Å². The van der Waals surface area contributed by atoms with Crippen LogP contribution in [0.15, 0.2) is 36.4 Å². The summed E-state index contributed by atoms with van der Waals surface area (Å²) in [5.74, 6) is 0.462. The first-order valence-electron chi connectivity index (χ1n) is 10.5. The van der Waals surface area contributed by atoms with Crippen LogP contribution in [0.3, 0.4) is 0 Å². The number of nitrogens with one attached hydrogen (secondary N) is 1. The molecule has 0 spiro atoms. The van der Waals surface area contributed by atoms with Crippen molar-refractivity contribution in [3.05, 3.63) is 52.8 Å². The van der Waals surface area contributed by atoms with Gasteiger partial charge in [0.15, 0.2) is 0 Å². The maximum atomic E-state index is 12.9. The molecule has 1 fully saturated rings. The van der Waals surface area contributed by atoms with Gasteiger partial charge in [-0.25, -0.2) is 4.39 Å². The quantitative estimate of drug-likeness (QED) is 0.436. The second-order valence-electron chi connectivity index (χ2n) is 7.67. The average molecular weight is 466 g/mol. The van der Waals surface area contributed by atoms with Crippen LogP contribution in [0.5, 0.6) is 11.5 Å². The molecule has 7 nitrogen and oxygen atoms in total. The van der Waals surface area contributed by atoms with Crippen molar-refractivity contribution in [3.8, 4) is 11.5 Å². The van der Waals surface area contributed by atoms with Crippen molar-refractivity contribution >= 4 is 23.2 Å². The molecule has 174 valence electrons. The van der Waals surface area contributed by atoms with E-state index in [2.05, 4.69) is 10.2 Å². The predicted molar refractivity (Wildman–Crippen MR) is 122 cm³/mol. The van der Waals surface area contributed by atoms with Gasteiger partial charge in [-0.2, -0.15) is 0 Å². The van der Waals surface area contributed by atoms with Crippen LogP contribution in [0.4, 0.5) is 10.1 Å². The highest BCUT2D eigenvalue weighted by molar-refractivity contribution is 6.33. The van der Waals surface area contributed by atoms with Gasteiger partial charge in [0.25, 0.3) is 5.91 Å². The molecule has 0 bridgehead atoms. The van der Waals surface area contributed by atoms with Crippen LogP contribution in [-0.4, -0.2) is 63.4 Å². The first kappa shape index (κ1) is 24.1. The number of carbonyl (C=O) groups is 1. The zero-order valence-corrected chi connectivity index (χ0v) is 19.0. The van der Waals surface area contributed by atoms with Crippen LogP contribution in [-0.2, 0) is 4.74 Å². The summed E-state index contributed by atoms with van der Waals surface area (Å²) in [5.41, 5.74) is 6.52. The Hall–Kier alpha value is -2.55. The molecule has 3 N–H and O–H groups in total. The van der Waals surface area contributed by atoms with E-state index in [9.17, 15) is 9.18 Å². The Morgan fingerprint density at radius 3 is 2.72 bits per heavy atom. The lowest BCUT2D eigenvalue weighted by Crippen LogP contribution is -2.55. The van der Waals surface area contributed by atoms with Crippen molar-refractivity contribution in [2.75, 3.05) is 46.2 Å². The normalized spacial score (nSPS) is 18.9. The third-order valence-corrected chi connectivity index (χ3v) is 5.85. The van der Waals surface area contributed by atoms with E-state index in [-0.39, 0.29) is 23.9 Å². The highest BCUT2D eigenvalue weighted by Crippen LogP contribution is 2.29. The van der Waals surface area contributed by atoms with E-state index in [0.717, 1.165) is 25.9 Å². The molecule has 0 aliphatic carbocycles. The highest BCUT2D eigenvalue weighted by atomic mass is 35.5. The number of hydrogen-bond acceptors (Lipinski definition) is 6. The largest absolute Gasteiger partial charge is 0.496 e. The lowest BCUT2D eigenvalue weighted by atomic mass is 10.0. The van der Waals surface area contributed by atoms with Crippen LogP contribution in [0.2, 0.25) is 5.02 Å². The molecule has 32 heavy (non-hydrogen) atoms. The Labute approximate surface area is 192 Å². The molecule has 0 aromatic heterocycles. The number of rotatable bonds is 9. The Morgan fingerprint density at radius 1 is 1.28 bits per heavy atom. The number of benzene rings is 2. The molecule has 1 aliphatic rings. The van der Waals surface area contributed by atoms with E-state index in [4.69, 9.17) is 31.5 Å². The highest BCUT2D eigenvalue weighted by Gasteiger charge is 2.31. The minimum atomic E-state index is -0.282. The fraction of sp³-hybridized carbons (Fsp3) is 0.435. The van der Waals surface area contributed by atoms with Gasteiger partial charge in [0.05, 0.1) is 42.1 Å². The molecule has 0 unspecified atom stereocenters. The summed E-state index contributed by atoms with van der Waals surface area (Å²) in [5, 5.41) is 3.38. The summed E-state index contributed by atoms with van der Waals surface area (Å²) in [7, 11) is 3.13. The number of nitrogens with two attached hydrogens (primary N) is 1. The Kier molecular flexibility index (Phi) is 8.55. The lowest BCUT2D eigenvalue weighted by Gasteiger charge is -2.38. The molecule has 1 amide bonds. The summed E-state index contributed by atoms with van der Waals surface area (Å²) in [6, 6.07) is 8.92. The zero-order chi connectivity index (χ0) is 23.1. The van der Waals surface area contributed by atoms with Crippen LogP contribution in [0.1, 0.15) is 23.2 Å². The number of nitrogen functional groups attached to an aromatic ring is 1. The summed E-state index contributed by atoms with van der Waals surface area (Å²) >= 11 is 6.03. The molecule has 9 heteroatoms. The van der Waals surface area contributed by atoms with E-state index in [1.165, 1.54) is 31.4 Å². The number of nitrogens with zero attached hydrogens (tertiary/aromatic N) is 1.